The Morgan fingerprint density at radius 1 is 1.08 bits per heavy atom. The van der Waals surface area contributed by atoms with Crippen molar-refractivity contribution >= 4 is 18.0 Å². The third-order valence-corrected chi connectivity index (χ3v) is 3.84. The molecule has 0 heterocycles. The van der Waals surface area contributed by atoms with Gasteiger partial charge in [0.25, 0.3) is 0 Å². The van der Waals surface area contributed by atoms with Crippen molar-refractivity contribution in [2.75, 3.05) is 7.11 Å². The maximum absolute atomic E-state index is 11.8. The van der Waals surface area contributed by atoms with Crippen molar-refractivity contribution in [3.8, 4) is 5.75 Å². The van der Waals surface area contributed by atoms with Crippen LogP contribution in [0.4, 0.5) is 0 Å². The van der Waals surface area contributed by atoms with Gasteiger partial charge >= 0.3 is 11.9 Å². The SMILES string of the molecule is COC(=O)/C(=C/c1cc(C)c(OCc2ccccc2)c(C)c1)CC(=O)O. The number of carbonyl (C=O) groups is 2. The van der Waals surface area contributed by atoms with Gasteiger partial charge in [-0.15, -0.1) is 0 Å². The van der Waals surface area contributed by atoms with Gasteiger partial charge in [0.15, 0.2) is 0 Å². The molecule has 1 N–H and O–H groups in total. The van der Waals surface area contributed by atoms with Crippen molar-refractivity contribution in [1.82, 2.24) is 0 Å². The number of rotatable bonds is 7. The molecule has 5 heteroatoms. The summed E-state index contributed by atoms with van der Waals surface area (Å²) in [6, 6.07) is 13.6. The van der Waals surface area contributed by atoms with Gasteiger partial charge in [-0.1, -0.05) is 30.3 Å². The third kappa shape index (κ3) is 5.21. The van der Waals surface area contributed by atoms with Crippen LogP contribution in [0, 0.1) is 13.8 Å². The summed E-state index contributed by atoms with van der Waals surface area (Å²) in [6.07, 6.45) is 1.15. The summed E-state index contributed by atoms with van der Waals surface area (Å²) in [7, 11) is 1.23. The fraction of sp³-hybridized carbons (Fsp3) is 0.238. The van der Waals surface area contributed by atoms with Gasteiger partial charge < -0.3 is 14.6 Å². The standard InChI is InChI=1S/C21H22O5/c1-14-9-17(11-18(12-19(22)23)21(24)25-3)10-15(2)20(14)26-13-16-7-5-4-6-8-16/h4-11H,12-13H2,1-3H3,(H,22,23)/b18-11+. The first-order valence-corrected chi connectivity index (χ1v) is 8.19. The van der Waals surface area contributed by atoms with Gasteiger partial charge in [0.05, 0.1) is 13.5 Å². The summed E-state index contributed by atoms with van der Waals surface area (Å²) in [6.45, 7) is 4.30. The molecule has 0 aromatic heterocycles. The lowest BCUT2D eigenvalue weighted by molar-refractivity contribution is -0.141. The summed E-state index contributed by atoms with van der Waals surface area (Å²) in [5, 5.41) is 8.97. The molecule has 0 radical (unpaired) electrons. The minimum Gasteiger partial charge on any atom is -0.488 e. The highest BCUT2D eigenvalue weighted by Crippen LogP contribution is 2.27. The largest absolute Gasteiger partial charge is 0.488 e. The van der Waals surface area contributed by atoms with Gasteiger partial charge in [0.1, 0.15) is 12.4 Å². The van der Waals surface area contributed by atoms with E-state index in [0.29, 0.717) is 6.61 Å². The molecule has 0 aliphatic rings. The van der Waals surface area contributed by atoms with E-state index < -0.39 is 18.4 Å². The highest BCUT2D eigenvalue weighted by Gasteiger charge is 2.15. The molecular weight excluding hydrogens is 332 g/mol. The molecule has 0 amide bonds. The zero-order valence-corrected chi connectivity index (χ0v) is 15.1. The first-order valence-electron chi connectivity index (χ1n) is 8.19. The highest BCUT2D eigenvalue weighted by molar-refractivity contribution is 5.98. The predicted octanol–water partition coefficient (Wildman–Crippen LogP) is 3.91. The van der Waals surface area contributed by atoms with Crippen LogP contribution in [0.5, 0.6) is 5.75 Å². The first kappa shape index (κ1) is 19.2. The minimum absolute atomic E-state index is 0.0942. The zero-order valence-electron chi connectivity index (χ0n) is 15.1. The number of methoxy groups -OCH3 is 1. The lowest BCUT2D eigenvalue weighted by atomic mass is 10.0. The fourth-order valence-corrected chi connectivity index (χ4v) is 2.70. The van der Waals surface area contributed by atoms with Crippen molar-refractivity contribution in [1.29, 1.82) is 0 Å². The van der Waals surface area contributed by atoms with Crippen LogP contribution >= 0.6 is 0 Å². The third-order valence-electron chi connectivity index (χ3n) is 3.84. The Morgan fingerprint density at radius 3 is 2.23 bits per heavy atom. The Kier molecular flexibility index (Phi) is 6.55. The topological polar surface area (TPSA) is 72.8 Å². The number of carboxylic acids is 1. The van der Waals surface area contributed by atoms with Crippen molar-refractivity contribution in [3.05, 3.63) is 70.3 Å². The Balaban J connectivity index is 2.25. The number of aryl methyl sites for hydroxylation is 2. The van der Waals surface area contributed by atoms with Crippen LogP contribution in [0.25, 0.3) is 6.08 Å². The summed E-state index contributed by atoms with van der Waals surface area (Å²) in [5.41, 5.74) is 3.72. The Bertz CT molecular complexity index is 799. The van der Waals surface area contributed by atoms with Crippen molar-refractivity contribution < 1.29 is 24.2 Å². The van der Waals surface area contributed by atoms with Crippen LogP contribution in [-0.4, -0.2) is 24.2 Å². The fourth-order valence-electron chi connectivity index (χ4n) is 2.70. The Hall–Kier alpha value is -3.08. The van der Waals surface area contributed by atoms with Crippen LogP contribution in [0.15, 0.2) is 48.0 Å². The number of aliphatic carboxylic acids is 1. The molecule has 0 spiro atoms. The van der Waals surface area contributed by atoms with Gasteiger partial charge in [-0.25, -0.2) is 4.79 Å². The second-order valence-electron chi connectivity index (χ2n) is 5.99. The predicted molar refractivity (Wildman–Crippen MR) is 98.9 cm³/mol. The molecule has 5 nitrogen and oxygen atoms in total. The van der Waals surface area contributed by atoms with Crippen molar-refractivity contribution in [2.24, 2.45) is 0 Å². The van der Waals surface area contributed by atoms with Crippen LogP contribution in [0.3, 0.4) is 0 Å². The van der Waals surface area contributed by atoms with E-state index in [4.69, 9.17) is 9.84 Å². The molecule has 0 unspecified atom stereocenters. The van der Waals surface area contributed by atoms with Gasteiger partial charge in [-0.3, -0.25) is 4.79 Å². The average molecular weight is 354 g/mol. The van der Waals surface area contributed by atoms with E-state index >= 15 is 0 Å². The summed E-state index contributed by atoms with van der Waals surface area (Å²) < 4.78 is 10.6. The van der Waals surface area contributed by atoms with Gasteiger partial charge in [0, 0.05) is 5.57 Å². The maximum atomic E-state index is 11.8. The van der Waals surface area contributed by atoms with E-state index in [0.717, 1.165) is 28.0 Å². The van der Waals surface area contributed by atoms with E-state index in [1.165, 1.54) is 7.11 Å². The van der Waals surface area contributed by atoms with Crippen LogP contribution in [0.2, 0.25) is 0 Å². The second kappa shape index (κ2) is 8.85. The van der Waals surface area contributed by atoms with E-state index in [1.54, 1.807) is 6.08 Å². The average Bonchev–Trinajstić information content (AvgIpc) is 2.60. The number of ether oxygens (including phenoxy) is 2. The summed E-state index contributed by atoms with van der Waals surface area (Å²) in [5.74, 6) is -0.950. The van der Waals surface area contributed by atoms with Gasteiger partial charge in [-0.2, -0.15) is 0 Å². The highest BCUT2D eigenvalue weighted by atomic mass is 16.5. The first-order chi connectivity index (χ1) is 12.4. The molecule has 0 aliphatic heterocycles. The lowest BCUT2D eigenvalue weighted by Gasteiger charge is -2.14. The molecule has 0 bridgehead atoms. The smallest absolute Gasteiger partial charge is 0.334 e. The number of carbonyl (C=O) groups excluding carboxylic acids is 1. The van der Waals surface area contributed by atoms with Crippen molar-refractivity contribution in [2.45, 2.75) is 26.9 Å². The number of esters is 1. The maximum Gasteiger partial charge on any atom is 0.334 e. The minimum atomic E-state index is -1.09. The van der Waals surface area contributed by atoms with Crippen LogP contribution < -0.4 is 4.74 Å². The van der Waals surface area contributed by atoms with Gasteiger partial charge in [-0.05, 0) is 54.3 Å². The Morgan fingerprint density at radius 2 is 1.69 bits per heavy atom. The van der Waals surface area contributed by atoms with E-state index in [2.05, 4.69) is 4.74 Å². The number of hydrogen-bond donors (Lipinski definition) is 1. The molecule has 2 aromatic carbocycles. The Labute approximate surface area is 152 Å². The normalized spacial score (nSPS) is 11.1. The molecule has 2 rings (SSSR count). The van der Waals surface area contributed by atoms with E-state index in [9.17, 15) is 9.59 Å². The molecular formula is C21H22O5. The molecule has 26 heavy (non-hydrogen) atoms. The molecule has 136 valence electrons. The number of hydrogen-bond acceptors (Lipinski definition) is 4. The molecule has 0 saturated carbocycles. The lowest BCUT2D eigenvalue weighted by Crippen LogP contribution is -2.09. The van der Waals surface area contributed by atoms with Crippen LogP contribution in [0.1, 0.15) is 28.7 Å². The molecule has 2 aromatic rings. The molecule has 0 fully saturated rings. The van der Waals surface area contributed by atoms with Crippen LogP contribution in [-0.2, 0) is 20.9 Å². The monoisotopic (exact) mass is 354 g/mol. The number of benzene rings is 2. The molecule has 0 atom stereocenters. The quantitative estimate of drug-likeness (QED) is 0.603. The number of carboxylic acid groups (broad SMARTS) is 1. The summed E-state index contributed by atoms with van der Waals surface area (Å²) in [4.78, 5) is 22.7. The molecule has 0 aliphatic carbocycles. The summed E-state index contributed by atoms with van der Waals surface area (Å²) >= 11 is 0. The van der Waals surface area contributed by atoms with Crippen molar-refractivity contribution in [3.63, 3.8) is 0 Å². The van der Waals surface area contributed by atoms with Gasteiger partial charge in [0.2, 0.25) is 0 Å². The zero-order chi connectivity index (χ0) is 19.1. The second-order valence-corrected chi connectivity index (χ2v) is 5.99. The molecule has 0 saturated heterocycles. The van der Waals surface area contributed by atoms with E-state index in [-0.39, 0.29) is 5.57 Å². The van der Waals surface area contributed by atoms with E-state index in [1.807, 2.05) is 56.3 Å².